The van der Waals surface area contributed by atoms with Crippen LogP contribution in [0.1, 0.15) is 20.3 Å². The van der Waals surface area contributed by atoms with Gasteiger partial charge in [0.25, 0.3) is 0 Å². The molecule has 2 heteroatoms. The summed E-state index contributed by atoms with van der Waals surface area (Å²) in [4.78, 5) is 0. The fraction of sp³-hybridized carbons (Fsp3) is 0.750. The Morgan fingerprint density at radius 3 is 2.60 bits per heavy atom. The first kappa shape index (κ1) is 9.66. The molecule has 0 aliphatic rings. The van der Waals surface area contributed by atoms with Crippen molar-refractivity contribution >= 4 is 0 Å². The van der Waals surface area contributed by atoms with E-state index in [-0.39, 0.29) is 12.1 Å². The Balaban J connectivity index is 3.49. The fourth-order valence-electron chi connectivity index (χ4n) is 0.833. The van der Waals surface area contributed by atoms with Crippen LogP contribution in [0.5, 0.6) is 0 Å². The molecule has 0 aliphatic heterocycles. The molecule has 0 radical (unpaired) electrons. The van der Waals surface area contributed by atoms with Crippen molar-refractivity contribution in [2.45, 2.75) is 32.4 Å². The molecule has 0 fully saturated rings. The van der Waals surface area contributed by atoms with Crippen LogP contribution in [0.2, 0.25) is 0 Å². The summed E-state index contributed by atoms with van der Waals surface area (Å²) in [5.41, 5.74) is 5.63. The molecule has 0 aromatic rings. The number of nitrogens with two attached hydrogens (primary N) is 1. The van der Waals surface area contributed by atoms with Crippen LogP contribution in [-0.2, 0) is 4.74 Å². The average molecular weight is 143 g/mol. The first-order chi connectivity index (χ1) is 4.72. The summed E-state index contributed by atoms with van der Waals surface area (Å²) >= 11 is 0. The van der Waals surface area contributed by atoms with Crippen molar-refractivity contribution in [2.75, 3.05) is 6.61 Å². The number of ether oxygens (including phenoxy) is 1. The van der Waals surface area contributed by atoms with Gasteiger partial charge in [0.1, 0.15) is 0 Å². The second-order valence-electron chi connectivity index (χ2n) is 2.43. The molecule has 60 valence electrons. The van der Waals surface area contributed by atoms with Gasteiger partial charge in [-0.2, -0.15) is 0 Å². The van der Waals surface area contributed by atoms with Crippen molar-refractivity contribution < 1.29 is 4.74 Å². The van der Waals surface area contributed by atoms with Crippen LogP contribution in [-0.4, -0.2) is 18.8 Å². The highest BCUT2D eigenvalue weighted by Crippen LogP contribution is 2.01. The van der Waals surface area contributed by atoms with E-state index in [2.05, 4.69) is 13.5 Å². The van der Waals surface area contributed by atoms with Gasteiger partial charge in [-0.05, 0) is 13.3 Å². The van der Waals surface area contributed by atoms with Crippen LogP contribution >= 0.6 is 0 Å². The minimum absolute atomic E-state index is 0.116. The smallest absolute Gasteiger partial charge is 0.0724 e. The van der Waals surface area contributed by atoms with Crippen LogP contribution < -0.4 is 5.73 Å². The molecule has 0 bridgehead atoms. The molecule has 10 heavy (non-hydrogen) atoms. The Morgan fingerprint density at radius 2 is 2.30 bits per heavy atom. The van der Waals surface area contributed by atoms with E-state index in [0.717, 1.165) is 6.42 Å². The molecule has 0 spiro atoms. The summed E-state index contributed by atoms with van der Waals surface area (Å²) in [5, 5.41) is 0. The molecule has 2 nitrogen and oxygen atoms in total. The van der Waals surface area contributed by atoms with Crippen molar-refractivity contribution in [3.63, 3.8) is 0 Å². The van der Waals surface area contributed by atoms with E-state index >= 15 is 0 Å². The molecule has 2 atom stereocenters. The molecule has 0 aromatic heterocycles. The second-order valence-corrected chi connectivity index (χ2v) is 2.43. The summed E-state index contributed by atoms with van der Waals surface area (Å²) in [6.45, 7) is 8.18. The van der Waals surface area contributed by atoms with Crippen molar-refractivity contribution in [3.8, 4) is 0 Å². The van der Waals surface area contributed by atoms with Crippen LogP contribution in [0.25, 0.3) is 0 Å². The Kier molecular flexibility index (Phi) is 5.26. The lowest BCUT2D eigenvalue weighted by Crippen LogP contribution is -2.33. The average Bonchev–Trinajstić information content (AvgIpc) is 1.89. The lowest BCUT2D eigenvalue weighted by molar-refractivity contribution is 0.0563. The third kappa shape index (κ3) is 3.64. The molecule has 0 saturated carbocycles. The molecular weight excluding hydrogens is 126 g/mol. The van der Waals surface area contributed by atoms with E-state index in [9.17, 15) is 0 Å². The standard InChI is InChI=1S/C8H17NO/c1-4-6-10-8(5-2)7(3)9/h4,7-8H,1,5-6,9H2,2-3H3/t7-,8+/m0/s1. The number of hydrogen-bond donors (Lipinski definition) is 1. The summed E-state index contributed by atoms with van der Waals surface area (Å²) in [7, 11) is 0. The van der Waals surface area contributed by atoms with Crippen LogP contribution in [0, 0.1) is 0 Å². The Labute approximate surface area is 63.1 Å². The van der Waals surface area contributed by atoms with Crippen LogP contribution in [0.3, 0.4) is 0 Å². The highest BCUT2D eigenvalue weighted by molar-refractivity contribution is 4.71. The van der Waals surface area contributed by atoms with Gasteiger partial charge in [0, 0.05) is 6.04 Å². The van der Waals surface area contributed by atoms with E-state index < -0.39 is 0 Å². The molecule has 0 unspecified atom stereocenters. The van der Waals surface area contributed by atoms with Gasteiger partial charge < -0.3 is 10.5 Å². The predicted octanol–water partition coefficient (Wildman–Crippen LogP) is 1.31. The molecule has 0 rings (SSSR count). The summed E-state index contributed by atoms with van der Waals surface area (Å²) < 4.78 is 5.36. The monoisotopic (exact) mass is 143 g/mol. The van der Waals surface area contributed by atoms with Gasteiger partial charge in [0.05, 0.1) is 12.7 Å². The van der Waals surface area contributed by atoms with Gasteiger partial charge >= 0.3 is 0 Å². The van der Waals surface area contributed by atoms with Crippen molar-refractivity contribution in [1.82, 2.24) is 0 Å². The second kappa shape index (κ2) is 5.45. The zero-order valence-electron chi connectivity index (χ0n) is 6.84. The van der Waals surface area contributed by atoms with Crippen LogP contribution in [0.15, 0.2) is 12.7 Å². The van der Waals surface area contributed by atoms with Crippen molar-refractivity contribution in [3.05, 3.63) is 12.7 Å². The van der Waals surface area contributed by atoms with Gasteiger partial charge in [0.15, 0.2) is 0 Å². The lowest BCUT2D eigenvalue weighted by atomic mass is 10.1. The van der Waals surface area contributed by atoms with E-state index in [1.807, 2.05) is 6.92 Å². The highest BCUT2D eigenvalue weighted by Gasteiger charge is 2.09. The summed E-state index contributed by atoms with van der Waals surface area (Å²) in [5.74, 6) is 0. The number of hydrogen-bond acceptors (Lipinski definition) is 2. The molecule has 0 heterocycles. The Hall–Kier alpha value is -0.340. The fourth-order valence-corrected chi connectivity index (χ4v) is 0.833. The number of rotatable bonds is 5. The topological polar surface area (TPSA) is 35.2 Å². The Morgan fingerprint density at radius 1 is 1.70 bits per heavy atom. The molecule has 2 N–H and O–H groups in total. The van der Waals surface area contributed by atoms with E-state index in [0.29, 0.717) is 6.61 Å². The lowest BCUT2D eigenvalue weighted by Gasteiger charge is -2.18. The third-order valence-electron chi connectivity index (χ3n) is 1.42. The van der Waals surface area contributed by atoms with Crippen molar-refractivity contribution in [2.24, 2.45) is 5.73 Å². The SMILES string of the molecule is C=CCO[C@H](CC)[C@H](C)N. The van der Waals surface area contributed by atoms with Gasteiger partial charge in [-0.25, -0.2) is 0 Å². The molecule has 0 aliphatic carbocycles. The first-order valence-corrected chi connectivity index (χ1v) is 3.70. The third-order valence-corrected chi connectivity index (χ3v) is 1.42. The van der Waals surface area contributed by atoms with E-state index in [1.54, 1.807) is 6.08 Å². The Bertz CT molecular complexity index is 91.3. The van der Waals surface area contributed by atoms with Crippen molar-refractivity contribution in [1.29, 1.82) is 0 Å². The van der Waals surface area contributed by atoms with Crippen LogP contribution in [0.4, 0.5) is 0 Å². The van der Waals surface area contributed by atoms with E-state index in [1.165, 1.54) is 0 Å². The maximum absolute atomic E-state index is 5.63. The minimum atomic E-state index is 0.116. The maximum atomic E-state index is 5.63. The zero-order valence-corrected chi connectivity index (χ0v) is 6.84. The predicted molar refractivity (Wildman–Crippen MR) is 43.9 cm³/mol. The molecule has 0 aromatic carbocycles. The summed E-state index contributed by atoms with van der Waals surface area (Å²) in [6, 6.07) is 0.116. The van der Waals surface area contributed by atoms with Gasteiger partial charge in [-0.15, -0.1) is 6.58 Å². The first-order valence-electron chi connectivity index (χ1n) is 3.70. The minimum Gasteiger partial charge on any atom is -0.373 e. The molecule has 0 amide bonds. The van der Waals surface area contributed by atoms with Gasteiger partial charge in [0.2, 0.25) is 0 Å². The normalized spacial score (nSPS) is 16.3. The van der Waals surface area contributed by atoms with Gasteiger partial charge in [-0.3, -0.25) is 0 Å². The molecule has 0 saturated heterocycles. The summed E-state index contributed by atoms with van der Waals surface area (Å²) in [6.07, 6.45) is 2.88. The highest BCUT2D eigenvalue weighted by atomic mass is 16.5. The zero-order chi connectivity index (χ0) is 7.98. The van der Waals surface area contributed by atoms with Gasteiger partial charge in [-0.1, -0.05) is 13.0 Å². The maximum Gasteiger partial charge on any atom is 0.0724 e. The quantitative estimate of drug-likeness (QED) is 0.589. The largest absolute Gasteiger partial charge is 0.373 e. The molecular formula is C8H17NO. The van der Waals surface area contributed by atoms with E-state index in [4.69, 9.17) is 10.5 Å².